The smallest absolute Gasteiger partial charge is 0.226 e. The van der Waals surface area contributed by atoms with Crippen molar-refractivity contribution in [2.45, 2.75) is 46.6 Å². The van der Waals surface area contributed by atoms with E-state index < -0.39 is 0 Å². The number of ether oxygens (including phenoxy) is 1. The number of nitrogens with zero attached hydrogens (tertiary/aromatic N) is 3. The van der Waals surface area contributed by atoms with Gasteiger partial charge in [0.25, 0.3) is 0 Å². The van der Waals surface area contributed by atoms with Gasteiger partial charge in [-0.2, -0.15) is 4.98 Å². The number of hydrogen-bond acceptors (Lipinski definition) is 5. The Morgan fingerprint density at radius 3 is 2.66 bits per heavy atom. The minimum atomic E-state index is -0.284. The second-order valence-corrected chi connectivity index (χ2v) is 9.44. The Kier molecular flexibility index (Phi) is 4.88. The molecule has 0 radical (unpaired) electrons. The summed E-state index contributed by atoms with van der Waals surface area (Å²) < 4.78 is 7.43. The van der Waals surface area contributed by atoms with Crippen LogP contribution in [0.2, 0.25) is 0 Å². The van der Waals surface area contributed by atoms with Crippen LogP contribution in [0.15, 0.2) is 59.8 Å². The first-order valence-electron chi connectivity index (χ1n) is 11.1. The third kappa shape index (κ3) is 3.60. The molecule has 1 aliphatic heterocycles. The van der Waals surface area contributed by atoms with E-state index in [-0.39, 0.29) is 17.2 Å². The van der Waals surface area contributed by atoms with Crippen molar-refractivity contribution in [2.24, 2.45) is 5.41 Å². The fourth-order valence-corrected chi connectivity index (χ4v) is 4.75. The van der Waals surface area contributed by atoms with Gasteiger partial charge in [-0.3, -0.25) is 4.79 Å². The molecule has 0 saturated carbocycles. The molecule has 0 amide bonds. The quantitative estimate of drug-likeness (QED) is 0.610. The molecule has 0 spiro atoms. The van der Waals surface area contributed by atoms with E-state index in [1.807, 2.05) is 41.9 Å². The Bertz CT molecular complexity index is 1220. The average Bonchev–Trinajstić information content (AvgIpc) is 3.15. The van der Waals surface area contributed by atoms with Gasteiger partial charge in [0.15, 0.2) is 11.6 Å². The summed E-state index contributed by atoms with van der Waals surface area (Å²) in [4.78, 5) is 18.1. The van der Waals surface area contributed by atoms with E-state index in [1.54, 1.807) is 0 Å². The molecule has 0 bridgehead atoms. The monoisotopic (exact) mass is 428 g/mol. The van der Waals surface area contributed by atoms with E-state index in [9.17, 15) is 4.79 Å². The van der Waals surface area contributed by atoms with Crippen LogP contribution in [0, 0.1) is 12.3 Å². The molecule has 2 aliphatic rings. The first-order chi connectivity index (χ1) is 15.3. The molecule has 32 heavy (non-hydrogen) atoms. The number of nitrogens with one attached hydrogen (secondary N) is 1. The van der Waals surface area contributed by atoms with E-state index in [4.69, 9.17) is 14.8 Å². The predicted molar refractivity (Wildman–Crippen MR) is 125 cm³/mol. The highest BCUT2D eigenvalue weighted by Gasteiger charge is 2.41. The average molecular weight is 429 g/mol. The summed E-state index contributed by atoms with van der Waals surface area (Å²) in [6.07, 6.45) is 1.34. The molecule has 2 aromatic carbocycles. The van der Waals surface area contributed by atoms with Gasteiger partial charge in [-0.1, -0.05) is 43.7 Å². The normalized spacial score (nSPS) is 19.2. The van der Waals surface area contributed by atoms with Crippen LogP contribution in [-0.2, 0) is 4.79 Å². The maximum Gasteiger partial charge on any atom is 0.226 e. The number of fused-ring (bicyclic) bond motifs is 1. The minimum absolute atomic E-state index is 0.0831. The third-order valence-corrected chi connectivity index (χ3v) is 6.11. The number of ketones is 1. The van der Waals surface area contributed by atoms with Gasteiger partial charge in [0, 0.05) is 23.3 Å². The topological polar surface area (TPSA) is 69.0 Å². The van der Waals surface area contributed by atoms with Crippen LogP contribution < -0.4 is 10.1 Å². The second kappa shape index (κ2) is 7.62. The number of Topliss-reactive ketones (excluding diaryl/α,β-unsaturated/α-hetero) is 1. The summed E-state index contributed by atoms with van der Waals surface area (Å²) in [7, 11) is 0. The van der Waals surface area contributed by atoms with Gasteiger partial charge in [0.2, 0.25) is 5.95 Å². The number of hydrogen-bond donors (Lipinski definition) is 1. The summed E-state index contributed by atoms with van der Waals surface area (Å²) in [6.45, 7) is 8.94. The van der Waals surface area contributed by atoms with Crippen LogP contribution in [0.3, 0.4) is 0 Å². The fourth-order valence-electron chi connectivity index (χ4n) is 4.75. The van der Waals surface area contributed by atoms with E-state index in [2.05, 4.69) is 44.3 Å². The van der Waals surface area contributed by atoms with Crippen LogP contribution in [-0.4, -0.2) is 27.2 Å². The molecule has 6 heteroatoms. The Morgan fingerprint density at radius 1 is 1.16 bits per heavy atom. The standard InChI is InChI=1S/C26H28N4O2/c1-5-32-19-11-9-17(10-12-19)24-28-25-27-20-14-26(3,4)15-21(31)22(20)23(30(25)29-24)18-8-6-7-16(2)13-18/h6-13,23H,5,14-15H2,1-4H3,(H,27,28,29). The van der Waals surface area contributed by atoms with Crippen molar-refractivity contribution in [3.8, 4) is 17.1 Å². The molecule has 1 aromatic heterocycles. The lowest BCUT2D eigenvalue weighted by atomic mass is 9.73. The van der Waals surface area contributed by atoms with Crippen LogP contribution in [0.1, 0.15) is 50.8 Å². The number of allylic oxidation sites excluding steroid dienone is 2. The molecule has 6 nitrogen and oxygen atoms in total. The van der Waals surface area contributed by atoms with Crippen molar-refractivity contribution < 1.29 is 9.53 Å². The van der Waals surface area contributed by atoms with Gasteiger partial charge in [-0.15, -0.1) is 5.10 Å². The second-order valence-electron chi connectivity index (χ2n) is 9.44. The summed E-state index contributed by atoms with van der Waals surface area (Å²) in [5.41, 5.74) is 4.81. The molecule has 1 atom stereocenters. The van der Waals surface area contributed by atoms with Crippen LogP contribution in [0.25, 0.3) is 11.4 Å². The van der Waals surface area contributed by atoms with Crippen molar-refractivity contribution in [1.29, 1.82) is 0 Å². The number of benzene rings is 2. The lowest BCUT2D eigenvalue weighted by molar-refractivity contribution is -0.118. The van der Waals surface area contributed by atoms with Crippen LogP contribution in [0.5, 0.6) is 5.75 Å². The molecule has 0 saturated heterocycles. The largest absolute Gasteiger partial charge is 0.494 e. The first-order valence-corrected chi connectivity index (χ1v) is 11.1. The fraction of sp³-hybridized carbons (Fsp3) is 0.346. The lowest BCUT2D eigenvalue weighted by Crippen LogP contribution is -2.36. The highest BCUT2D eigenvalue weighted by molar-refractivity contribution is 6.00. The number of carbonyl (C=O) groups is 1. The maximum absolute atomic E-state index is 13.3. The van der Waals surface area contributed by atoms with Gasteiger partial charge < -0.3 is 10.1 Å². The van der Waals surface area contributed by atoms with Crippen molar-refractivity contribution >= 4 is 11.7 Å². The van der Waals surface area contributed by atoms with E-state index in [0.717, 1.165) is 40.1 Å². The predicted octanol–water partition coefficient (Wildman–Crippen LogP) is 5.31. The molecule has 1 unspecified atom stereocenters. The molecular weight excluding hydrogens is 400 g/mol. The van der Waals surface area contributed by atoms with Gasteiger partial charge >= 0.3 is 0 Å². The first kappa shape index (κ1) is 20.5. The zero-order chi connectivity index (χ0) is 22.5. The molecule has 1 N–H and O–H groups in total. The lowest BCUT2D eigenvalue weighted by Gasteiger charge is -2.38. The molecule has 164 valence electrons. The number of anilines is 1. The number of carbonyl (C=O) groups excluding carboxylic acids is 1. The van der Waals surface area contributed by atoms with Gasteiger partial charge in [-0.05, 0) is 55.5 Å². The summed E-state index contributed by atoms with van der Waals surface area (Å²) >= 11 is 0. The SMILES string of the molecule is CCOc1ccc(-c2nc3n(n2)C(c2cccc(C)c2)C2=C(CC(C)(C)CC2=O)N3)cc1. The van der Waals surface area contributed by atoms with Gasteiger partial charge in [0.1, 0.15) is 11.8 Å². The highest BCUT2D eigenvalue weighted by Crippen LogP contribution is 2.45. The van der Waals surface area contributed by atoms with Gasteiger partial charge in [0.05, 0.1) is 6.61 Å². The van der Waals surface area contributed by atoms with E-state index in [0.29, 0.717) is 24.8 Å². The number of rotatable bonds is 4. The number of aryl methyl sites for hydroxylation is 1. The van der Waals surface area contributed by atoms with E-state index in [1.165, 1.54) is 0 Å². The number of aromatic nitrogens is 3. The zero-order valence-corrected chi connectivity index (χ0v) is 19.0. The van der Waals surface area contributed by atoms with E-state index >= 15 is 0 Å². The summed E-state index contributed by atoms with van der Waals surface area (Å²) in [5.74, 6) is 2.30. The molecule has 3 aromatic rings. The molecule has 5 rings (SSSR count). The van der Waals surface area contributed by atoms with Crippen molar-refractivity contribution in [3.05, 3.63) is 70.9 Å². The van der Waals surface area contributed by atoms with Crippen molar-refractivity contribution in [1.82, 2.24) is 14.8 Å². The van der Waals surface area contributed by atoms with Crippen LogP contribution >= 0.6 is 0 Å². The molecule has 1 aliphatic carbocycles. The highest BCUT2D eigenvalue weighted by atomic mass is 16.5. The summed E-state index contributed by atoms with van der Waals surface area (Å²) in [5, 5.41) is 8.31. The van der Waals surface area contributed by atoms with Crippen molar-refractivity contribution in [3.63, 3.8) is 0 Å². The Hall–Kier alpha value is -3.41. The molecular formula is C26H28N4O2. The Balaban J connectivity index is 1.62. The Labute approximate surface area is 188 Å². The zero-order valence-electron chi connectivity index (χ0n) is 19.0. The van der Waals surface area contributed by atoms with Crippen LogP contribution in [0.4, 0.5) is 5.95 Å². The minimum Gasteiger partial charge on any atom is -0.494 e. The van der Waals surface area contributed by atoms with Crippen molar-refractivity contribution in [2.75, 3.05) is 11.9 Å². The molecule has 0 fully saturated rings. The third-order valence-electron chi connectivity index (χ3n) is 6.11. The summed E-state index contributed by atoms with van der Waals surface area (Å²) in [6, 6.07) is 15.8. The molecule has 2 heterocycles. The maximum atomic E-state index is 13.3. The Morgan fingerprint density at radius 2 is 1.94 bits per heavy atom. The van der Waals surface area contributed by atoms with Gasteiger partial charge in [-0.25, -0.2) is 4.68 Å².